The Hall–Kier alpha value is -1.06. The van der Waals surface area contributed by atoms with E-state index in [2.05, 4.69) is 6.07 Å². The average Bonchev–Trinajstić information content (AvgIpc) is 2.83. The first-order chi connectivity index (χ1) is 9.58. The summed E-state index contributed by atoms with van der Waals surface area (Å²) < 4.78 is 6.14. The number of carbonyl (C=O) groups is 1. The Balaban J connectivity index is 1.67. The lowest BCUT2D eigenvalue weighted by Gasteiger charge is -2.38. The van der Waals surface area contributed by atoms with Crippen LogP contribution in [-0.2, 0) is 9.53 Å². The molecule has 1 amide bonds. The van der Waals surface area contributed by atoms with Crippen LogP contribution < -0.4 is 0 Å². The minimum absolute atomic E-state index is 0.0288. The van der Waals surface area contributed by atoms with Gasteiger partial charge in [-0.15, -0.1) is 0 Å². The average molecular weight is 294 g/mol. The molecular weight excluding hydrogens is 274 g/mol. The highest BCUT2D eigenvalue weighted by Gasteiger charge is 2.43. The van der Waals surface area contributed by atoms with E-state index in [-0.39, 0.29) is 11.5 Å². The molecule has 3 nitrogen and oxygen atoms in total. The van der Waals surface area contributed by atoms with E-state index in [1.165, 1.54) is 5.56 Å². The zero-order valence-corrected chi connectivity index (χ0v) is 12.5. The zero-order valence-electron chi connectivity index (χ0n) is 11.8. The van der Waals surface area contributed by atoms with Crippen LogP contribution in [-0.4, -0.2) is 36.1 Å². The van der Waals surface area contributed by atoms with Crippen molar-refractivity contribution in [3.05, 3.63) is 34.9 Å². The third-order valence-corrected chi connectivity index (χ3v) is 4.88. The maximum Gasteiger partial charge on any atom is 0.219 e. The predicted octanol–water partition coefficient (Wildman–Crippen LogP) is 3.23. The van der Waals surface area contributed by atoms with Gasteiger partial charge < -0.3 is 9.64 Å². The number of amides is 1. The third kappa shape index (κ3) is 2.70. The molecule has 0 aliphatic carbocycles. The van der Waals surface area contributed by atoms with Crippen molar-refractivity contribution >= 4 is 17.5 Å². The molecule has 2 fully saturated rings. The minimum Gasteiger partial charge on any atom is -0.374 e. The molecule has 0 radical (unpaired) electrons. The van der Waals surface area contributed by atoms with Gasteiger partial charge in [0.1, 0.15) is 0 Å². The lowest BCUT2D eigenvalue weighted by molar-refractivity contribution is -0.133. The summed E-state index contributed by atoms with van der Waals surface area (Å²) >= 11 is 6.07. The fraction of sp³-hybridized carbons (Fsp3) is 0.562. The van der Waals surface area contributed by atoms with Gasteiger partial charge in [-0.05, 0) is 37.0 Å². The van der Waals surface area contributed by atoms with Gasteiger partial charge in [0.05, 0.1) is 12.2 Å². The van der Waals surface area contributed by atoms with Crippen LogP contribution in [0.25, 0.3) is 0 Å². The van der Waals surface area contributed by atoms with Crippen molar-refractivity contribution < 1.29 is 9.53 Å². The molecule has 0 N–H and O–H groups in total. The Bertz CT molecular complexity index is 509. The molecule has 2 aliphatic rings. The van der Waals surface area contributed by atoms with E-state index in [1.54, 1.807) is 6.92 Å². The fourth-order valence-electron chi connectivity index (χ4n) is 3.40. The van der Waals surface area contributed by atoms with Crippen LogP contribution >= 0.6 is 11.6 Å². The van der Waals surface area contributed by atoms with Crippen molar-refractivity contribution in [3.8, 4) is 0 Å². The lowest BCUT2D eigenvalue weighted by atomic mass is 9.83. The molecule has 1 atom stereocenters. The molecule has 4 heteroatoms. The number of carbonyl (C=O) groups excluding carboxylic acids is 1. The molecule has 3 rings (SSSR count). The van der Waals surface area contributed by atoms with Gasteiger partial charge in [0.15, 0.2) is 0 Å². The number of benzene rings is 1. The van der Waals surface area contributed by atoms with Crippen LogP contribution in [0.2, 0.25) is 5.02 Å². The van der Waals surface area contributed by atoms with E-state index >= 15 is 0 Å². The van der Waals surface area contributed by atoms with E-state index < -0.39 is 0 Å². The molecule has 2 heterocycles. The second-order valence-electron chi connectivity index (χ2n) is 5.96. The van der Waals surface area contributed by atoms with E-state index in [1.807, 2.05) is 23.1 Å². The van der Waals surface area contributed by atoms with Crippen LogP contribution in [0.15, 0.2) is 24.3 Å². The van der Waals surface area contributed by atoms with Gasteiger partial charge in [0.2, 0.25) is 5.91 Å². The Labute approximate surface area is 124 Å². The number of ether oxygens (including phenoxy) is 1. The van der Waals surface area contributed by atoms with Crippen LogP contribution in [0.4, 0.5) is 0 Å². The number of nitrogens with zero attached hydrogens (tertiary/aromatic N) is 1. The van der Waals surface area contributed by atoms with Gasteiger partial charge in [-0.25, -0.2) is 0 Å². The highest BCUT2D eigenvalue weighted by atomic mass is 35.5. The molecule has 1 aromatic carbocycles. The first-order valence-electron chi connectivity index (χ1n) is 7.23. The first kappa shape index (κ1) is 13.9. The van der Waals surface area contributed by atoms with E-state index in [4.69, 9.17) is 16.3 Å². The fourth-order valence-corrected chi connectivity index (χ4v) is 3.60. The zero-order chi connectivity index (χ0) is 14.2. The lowest BCUT2D eigenvalue weighted by Crippen LogP contribution is -2.45. The molecule has 1 unspecified atom stereocenters. The summed E-state index contributed by atoms with van der Waals surface area (Å²) in [5.74, 6) is 0.599. The number of hydrogen-bond acceptors (Lipinski definition) is 2. The number of hydrogen-bond donors (Lipinski definition) is 0. The molecule has 0 bridgehead atoms. The summed E-state index contributed by atoms with van der Waals surface area (Å²) in [6.45, 7) is 4.04. The number of likely N-dealkylation sites (tertiary alicyclic amines) is 1. The minimum atomic E-state index is -0.0288. The molecule has 2 aliphatic heterocycles. The van der Waals surface area contributed by atoms with Crippen molar-refractivity contribution in [1.82, 2.24) is 4.90 Å². The molecule has 2 saturated heterocycles. The van der Waals surface area contributed by atoms with Gasteiger partial charge in [-0.3, -0.25) is 4.79 Å². The Morgan fingerprint density at radius 2 is 2.15 bits per heavy atom. The van der Waals surface area contributed by atoms with Gasteiger partial charge >= 0.3 is 0 Å². The van der Waals surface area contributed by atoms with Gasteiger partial charge in [0, 0.05) is 31.0 Å². The standard InChI is InChI=1S/C16H20ClNO2/c1-12(19)18-7-5-16(6-8-18)10-14(11-20-16)13-3-2-4-15(17)9-13/h2-4,9,14H,5-8,10-11H2,1H3. The molecule has 1 spiro atoms. The van der Waals surface area contributed by atoms with Crippen molar-refractivity contribution in [3.63, 3.8) is 0 Å². The highest BCUT2D eigenvalue weighted by Crippen LogP contribution is 2.43. The molecule has 1 aromatic rings. The molecule has 0 saturated carbocycles. The number of halogens is 1. The van der Waals surface area contributed by atoms with Crippen molar-refractivity contribution in [2.75, 3.05) is 19.7 Å². The maximum absolute atomic E-state index is 11.4. The largest absolute Gasteiger partial charge is 0.374 e. The van der Waals surface area contributed by atoms with Gasteiger partial charge in [-0.2, -0.15) is 0 Å². The van der Waals surface area contributed by atoms with E-state index in [9.17, 15) is 4.79 Å². The third-order valence-electron chi connectivity index (χ3n) is 4.65. The van der Waals surface area contributed by atoms with E-state index in [0.717, 1.165) is 44.0 Å². The van der Waals surface area contributed by atoms with Gasteiger partial charge in [-0.1, -0.05) is 23.7 Å². The van der Waals surface area contributed by atoms with Crippen LogP contribution in [0.3, 0.4) is 0 Å². The maximum atomic E-state index is 11.4. The quantitative estimate of drug-likeness (QED) is 0.795. The number of piperidine rings is 1. The summed E-state index contributed by atoms with van der Waals surface area (Å²) in [5, 5.41) is 0.787. The smallest absolute Gasteiger partial charge is 0.219 e. The number of rotatable bonds is 1. The summed E-state index contributed by atoms with van der Waals surface area (Å²) in [6.07, 6.45) is 2.94. The topological polar surface area (TPSA) is 29.5 Å². The van der Waals surface area contributed by atoms with Crippen LogP contribution in [0, 0.1) is 0 Å². The molecule has 0 aromatic heterocycles. The second kappa shape index (κ2) is 5.38. The summed E-state index contributed by atoms with van der Waals surface area (Å²) in [6, 6.07) is 8.08. The SMILES string of the molecule is CC(=O)N1CCC2(CC1)CC(c1cccc(Cl)c1)CO2. The van der Waals surface area contributed by atoms with Crippen molar-refractivity contribution in [2.45, 2.75) is 37.7 Å². The summed E-state index contributed by atoms with van der Waals surface area (Å²) in [7, 11) is 0. The monoisotopic (exact) mass is 293 g/mol. The van der Waals surface area contributed by atoms with Gasteiger partial charge in [0.25, 0.3) is 0 Å². The molecule has 108 valence electrons. The molecule has 20 heavy (non-hydrogen) atoms. The predicted molar refractivity (Wildman–Crippen MR) is 79.0 cm³/mol. The van der Waals surface area contributed by atoms with Crippen LogP contribution in [0.5, 0.6) is 0 Å². The highest BCUT2D eigenvalue weighted by molar-refractivity contribution is 6.30. The Morgan fingerprint density at radius 1 is 1.40 bits per heavy atom. The van der Waals surface area contributed by atoms with Crippen LogP contribution in [0.1, 0.15) is 37.7 Å². The normalized spacial score (nSPS) is 25.1. The van der Waals surface area contributed by atoms with E-state index in [0.29, 0.717) is 5.92 Å². The first-order valence-corrected chi connectivity index (χ1v) is 7.61. The molecular formula is C16H20ClNO2. The van der Waals surface area contributed by atoms with Crippen molar-refractivity contribution in [1.29, 1.82) is 0 Å². The van der Waals surface area contributed by atoms with Crippen molar-refractivity contribution in [2.24, 2.45) is 0 Å². The summed E-state index contributed by atoms with van der Waals surface area (Å²) in [4.78, 5) is 13.3. The Morgan fingerprint density at radius 3 is 2.80 bits per heavy atom. The Kier molecular flexibility index (Phi) is 3.74. The second-order valence-corrected chi connectivity index (χ2v) is 6.39. The summed E-state index contributed by atoms with van der Waals surface area (Å²) in [5.41, 5.74) is 1.24.